The maximum Gasteiger partial charge on any atom is 0.254 e. The molecule has 138 valence electrons. The molecular weight excluding hydrogens is 354 g/mol. The summed E-state index contributed by atoms with van der Waals surface area (Å²) >= 11 is 0. The molecule has 2 aromatic rings. The number of hydrogen-bond acceptors (Lipinski definition) is 5. The second kappa shape index (κ2) is 7.94. The quantitative estimate of drug-likeness (QED) is 0.852. The predicted molar refractivity (Wildman–Crippen MR) is 96.2 cm³/mol. The number of benzene rings is 1. The topological polar surface area (TPSA) is 88.6 Å². The molecule has 0 radical (unpaired) electrons. The van der Waals surface area contributed by atoms with Gasteiger partial charge in [-0.05, 0) is 36.8 Å². The van der Waals surface area contributed by atoms with Crippen molar-refractivity contribution in [1.82, 2.24) is 14.6 Å². The van der Waals surface area contributed by atoms with Crippen molar-refractivity contribution >= 4 is 15.9 Å². The minimum Gasteiger partial charge on any atom is -0.378 e. The van der Waals surface area contributed by atoms with Gasteiger partial charge in [0.25, 0.3) is 5.91 Å². The third-order valence-electron chi connectivity index (χ3n) is 4.22. The van der Waals surface area contributed by atoms with Crippen LogP contribution in [0.2, 0.25) is 0 Å². The molecule has 0 aliphatic carbocycles. The maximum atomic E-state index is 12.7. The standard InChI is InChI=1S/C18H21N3O4S/c1-14-5-6-16(12-17(14)18(22)21-8-10-25-11-9-21)26(23,24)20-13-15-4-2-3-7-19-15/h2-7,12,20H,8-11,13H2,1H3. The van der Waals surface area contributed by atoms with Gasteiger partial charge in [0.2, 0.25) is 10.0 Å². The Morgan fingerprint density at radius 3 is 2.69 bits per heavy atom. The number of aromatic nitrogens is 1. The average molecular weight is 375 g/mol. The molecule has 0 atom stereocenters. The van der Waals surface area contributed by atoms with Crippen molar-refractivity contribution in [2.45, 2.75) is 18.4 Å². The number of nitrogens with one attached hydrogen (secondary N) is 1. The normalized spacial score (nSPS) is 15.0. The van der Waals surface area contributed by atoms with Gasteiger partial charge in [-0.25, -0.2) is 13.1 Å². The average Bonchev–Trinajstić information content (AvgIpc) is 2.68. The van der Waals surface area contributed by atoms with E-state index >= 15 is 0 Å². The van der Waals surface area contributed by atoms with E-state index in [1.807, 2.05) is 0 Å². The Morgan fingerprint density at radius 1 is 1.23 bits per heavy atom. The van der Waals surface area contributed by atoms with Crippen LogP contribution in [0, 0.1) is 6.92 Å². The summed E-state index contributed by atoms with van der Waals surface area (Å²) in [6, 6.07) is 9.90. The number of amides is 1. The van der Waals surface area contributed by atoms with E-state index < -0.39 is 10.0 Å². The molecule has 0 spiro atoms. The van der Waals surface area contributed by atoms with E-state index in [1.165, 1.54) is 12.1 Å². The van der Waals surface area contributed by atoms with Crippen LogP contribution in [0.1, 0.15) is 21.6 Å². The first-order valence-electron chi connectivity index (χ1n) is 8.34. The lowest BCUT2D eigenvalue weighted by atomic mass is 10.1. The fourth-order valence-electron chi connectivity index (χ4n) is 2.69. The van der Waals surface area contributed by atoms with Crippen LogP contribution >= 0.6 is 0 Å². The number of nitrogens with zero attached hydrogens (tertiary/aromatic N) is 2. The summed E-state index contributed by atoms with van der Waals surface area (Å²) in [5.41, 5.74) is 1.76. The first-order valence-corrected chi connectivity index (χ1v) is 9.83. The molecule has 1 aromatic carbocycles. The molecule has 1 aliphatic rings. The SMILES string of the molecule is Cc1ccc(S(=O)(=O)NCc2ccccn2)cc1C(=O)N1CCOCC1. The largest absolute Gasteiger partial charge is 0.378 e. The van der Waals surface area contributed by atoms with Crippen LogP contribution in [0.3, 0.4) is 0 Å². The van der Waals surface area contributed by atoms with Crippen molar-refractivity contribution < 1.29 is 17.9 Å². The molecule has 1 fully saturated rings. The monoisotopic (exact) mass is 375 g/mol. The van der Waals surface area contributed by atoms with Gasteiger partial charge < -0.3 is 9.64 Å². The fourth-order valence-corrected chi connectivity index (χ4v) is 3.72. The summed E-state index contributed by atoms with van der Waals surface area (Å²) in [5.74, 6) is -0.174. The van der Waals surface area contributed by atoms with Crippen LogP contribution in [-0.4, -0.2) is 50.5 Å². The first-order chi connectivity index (χ1) is 12.5. The van der Waals surface area contributed by atoms with Crippen LogP contribution in [0.25, 0.3) is 0 Å². The highest BCUT2D eigenvalue weighted by molar-refractivity contribution is 7.89. The van der Waals surface area contributed by atoms with E-state index in [9.17, 15) is 13.2 Å². The molecule has 8 heteroatoms. The van der Waals surface area contributed by atoms with Crippen molar-refractivity contribution in [3.8, 4) is 0 Å². The third kappa shape index (κ3) is 4.27. The second-order valence-electron chi connectivity index (χ2n) is 6.03. The van der Waals surface area contributed by atoms with E-state index in [-0.39, 0.29) is 17.3 Å². The van der Waals surface area contributed by atoms with Crippen LogP contribution in [0.15, 0.2) is 47.5 Å². The minimum atomic E-state index is -3.75. The second-order valence-corrected chi connectivity index (χ2v) is 7.79. The Hall–Kier alpha value is -2.29. The molecule has 1 N–H and O–H groups in total. The van der Waals surface area contributed by atoms with Crippen molar-refractivity contribution in [2.24, 2.45) is 0 Å². The number of aryl methyl sites for hydroxylation is 1. The molecule has 3 rings (SSSR count). The lowest BCUT2D eigenvalue weighted by Crippen LogP contribution is -2.41. The summed E-state index contributed by atoms with van der Waals surface area (Å²) in [5, 5.41) is 0. The van der Waals surface area contributed by atoms with Gasteiger partial charge in [0, 0.05) is 24.8 Å². The number of ether oxygens (including phenoxy) is 1. The number of carbonyl (C=O) groups is 1. The van der Waals surface area contributed by atoms with E-state index in [1.54, 1.807) is 42.3 Å². The maximum absolute atomic E-state index is 12.7. The summed E-state index contributed by atoms with van der Waals surface area (Å²) in [6.45, 7) is 3.89. The molecule has 1 saturated heterocycles. The highest BCUT2D eigenvalue weighted by Crippen LogP contribution is 2.18. The van der Waals surface area contributed by atoms with E-state index in [2.05, 4.69) is 9.71 Å². The number of carbonyl (C=O) groups excluding carboxylic acids is 1. The fraction of sp³-hybridized carbons (Fsp3) is 0.333. The number of morpholine rings is 1. The summed E-state index contributed by atoms with van der Waals surface area (Å²) in [6.07, 6.45) is 1.61. The molecule has 26 heavy (non-hydrogen) atoms. The first kappa shape index (κ1) is 18.5. The zero-order valence-electron chi connectivity index (χ0n) is 14.5. The van der Waals surface area contributed by atoms with E-state index in [0.29, 0.717) is 37.6 Å². The van der Waals surface area contributed by atoms with Crippen LogP contribution in [-0.2, 0) is 21.3 Å². The summed E-state index contributed by atoms with van der Waals surface area (Å²) < 4.78 is 33.0. The summed E-state index contributed by atoms with van der Waals surface area (Å²) in [4.78, 5) is 18.6. The molecule has 7 nitrogen and oxygen atoms in total. The molecular formula is C18H21N3O4S. The van der Waals surface area contributed by atoms with E-state index in [4.69, 9.17) is 4.74 Å². The van der Waals surface area contributed by atoms with Gasteiger partial charge in [-0.3, -0.25) is 9.78 Å². The lowest BCUT2D eigenvalue weighted by molar-refractivity contribution is 0.0302. The zero-order valence-corrected chi connectivity index (χ0v) is 15.3. The Labute approximate surface area is 153 Å². The molecule has 1 amide bonds. The van der Waals surface area contributed by atoms with Gasteiger partial charge in [0.1, 0.15) is 0 Å². The third-order valence-corrected chi connectivity index (χ3v) is 5.62. The van der Waals surface area contributed by atoms with E-state index in [0.717, 1.165) is 5.56 Å². The van der Waals surface area contributed by atoms with Crippen molar-refractivity contribution in [3.63, 3.8) is 0 Å². The number of sulfonamides is 1. The summed E-state index contributed by atoms with van der Waals surface area (Å²) in [7, 11) is -3.75. The lowest BCUT2D eigenvalue weighted by Gasteiger charge is -2.27. The molecule has 0 saturated carbocycles. The molecule has 2 heterocycles. The smallest absolute Gasteiger partial charge is 0.254 e. The van der Waals surface area contributed by atoms with Gasteiger partial charge in [-0.2, -0.15) is 0 Å². The van der Waals surface area contributed by atoms with Gasteiger partial charge in [0.05, 0.1) is 30.3 Å². The Kier molecular flexibility index (Phi) is 5.65. The highest BCUT2D eigenvalue weighted by Gasteiger charge is 2.23. The number of hydrogen-bond donors (Lipinski definition) is 1. The van der Waals surface area contributed by atoms with Crippen LogP contribution in [0.4, 0.5) is 0 Å². The Morgan fingerprint density at radius 2 is 2.00 bits per heavy atom. The van der Waals surface area contributed by atoms with Crippen molar-refractivity contribution in [1.29, 1.82) is 0 Å². The Bertz CT molecular complexity index is 879. The zero-order chi connectivity index (χ0) is 18.6. The highest BCUT2D eigenvalue weighted by atomic mass is 32.2. The van der Waals surface area contributed by atoms with Crippen LogP contribution in [0.5, 0.6) is 0 Å². The Balaban J connectivity index is 1.80. The van der Waals surface area contributed by atoms with Gasteiger partial charge >= 0.3 is 0 Å². The molecule has 1 aliphatic heterocycles. The predicted octanol–water partition coefficient (Wildman–Crippen LogP) is 1.34. The number of pyridine rings is 1. The molecule has 0 bridgehead atoms. The molecule has 1 aromatic heterocycles. The minimum absolute atomic E-state index is 0.0654. The number of rotatable bonds is 5. The van der Waals surface area contributed by atoms with Gasteiger partial charge in [0.15, 0.2) is 0 Å². The van der Waals surface area contributed by atoms with Crippen molar-refractivity contribution in [3.05, 3.63) is 59.4 Å². The van der Waals surface area contributed by atoms with Crippen LogP contribution < -0.4 is 4.72 Å². The van der Waals surface area contributed by atoms with Gasteiger partial charge in [-0.1, -0.05) is 12.1 Å². The van der Waals surface area contributed by atoms with Gasteiger partial charge in [-0.15, -0.1) is 0 Å². The van der Waals surface area contributed by atoms with Crippen molar-refractivity contribution in [2.75, 3.05) is 26.3 Å². The molecule has 0 unspecified atom stereocenters.